The molecule has 0 amide bonds. The minimum Gasteiger partial charge on any atom is -0.489 e. The van der Waals surface area contributed by atoms with Crippen LogP contribution in [0.5, 0.6) is 5.75 Å². The smallest absolute Gasteiger partial charge is 0.124 e. The molecule has 1 N–H and O–H groups in total. The van der Waals surface area contributed by atoms with E-state index >= 15 is 0 Å². The van der Waals surface area contributed by atoms with E-state index < -0.39 is 0 Å². The number of fused-ring (bicyclic) bond motifs is 1. The summed E-state index contributed by atoms with van der Waals surface area (Å²) < 4.78 is 6.31. The van der Waals surface area contributed by atoms with Gasteiger partial charge in [-0.15, -0.1) is 0 Å². The Morgan fingerprint density at radius 1 is 0.806 bits per heavy atom. The van der Waals surface area contributed by atoms with Crippen molar-refractivity contribution >= 4 is 10.8 Å². The molecule has 0 unspecified atom stereocenters. The van der Waals surface area contributed by atoms with E-state index in [1.807, 2.05) is 0 Å². The van der Waals surface area contributed by atoms with Gasteiger partial charge in [0.25, 0.3) is 0 Å². The van der Waals surface area contributed by atoms with E-state index in [1.54, 1.807) is 0 Å². The van der Waals surface area contributed by atoms with Gasteiger partial charge in [0.2, 0.25) is 0 Å². The average molecular weight is 410 g/mol. The second kappa shape index (κ2) is 10.3. The summed E-state index contributed by atoms with van der Waals surface area (Å²) in [4.78, 5) is 0. The summed E-state index contributed by atoms with van der Waals surface area (Å²) in [5.74, 6) is 0.961. The molecule has 31 heavy (non-hydrogen) atoms. The normalized spacial score (nSPS) is 12.1. The molecule has 0 saturated carbocycles. The molecule has 1 atom stereocenters. The van der Waals surface area contributed by atoms with Crippen molar-refractivity contribution < 1.29 is 4.74 Å². The van der Waals surface area contributed by atoms with Crippen LogP contribution < -0.4 is 10.1 Å². The Bertz CT molecular complexity index is 1120. The predicted molar refractivity (Wildman–Crippen MR) is 131 cm³/mol. The van der Waals surface area contributed by atoms with Crippen LogP contribution in [0.1, 0.15) is 35.6 Å². The zero-order chi connectivity index (χ0) is 21.5. The molecule has 0 aliphatic carbocycles. The summed E-state index contributed by atoms with van der Waals surface area (Å²) in [7, 11) is 0. The van der Waals surface area contributed by atoms with Crippen LogP contribution in [0.2, 0.25) is 0 Å². The van der Waals surface area contributed by atoms with E-state index in [9.17, 15) is 0 Å². The third-order valence-electron chi connectivity index (χ3n) is 5.81. The van der Waals surface area contributed by atoms with Gasteiger partial charge in [-0.05, 0) is 54.7 Å². The number of benzene rings is 4. The fraction of sp³-hybridized carbons (Fsp3) is 0.241. The van der Waals surface area contributed by atoms with Gasteiger partial charge in [-0.2, -0.15) is 0 Å². The van der Waals surface area contributed by atoms with Gasteiger partial charge in [0.1, 0.15) is 12.4 Å². The van der Waals surface area contributed by atoms with Gasteiger partial charge in [-0.3, -0.25) is 0 Å². The highest BCUT2D eigenvalue weighted by Gasteiger charge is 2.11. The summed E-state index contributed by atoms with van der Waals surface area (Å²) in [5.41, 5.74) is 5.08. The highest BCUT2D eigenvalue weighted by atomic mass is 16.5. The van der Waals surface area contributed by atoms with E-state index in [0.29, 0.717) is 12.6 Å². The van der Waals surface area contributed by atoms with Crippen LogP contribution in [0.4, 0.5) is 0 Å². The molecule has 4 aromatic rings. The summed E-state index contributed by atoms with van der Waals surface area (Å²) in [6.45, 7) is 5.75. The molecule has 0 aromatic heterocycles. The van der Waals surface area contributed by atoms with Gasteiger partial charge < -0.3 is 10.1 Å². The van der Waals surface area contributed by atoms with Crippen LogP contribution in [-0.2, 0) is 19.6 Å². The van der Waals surface area contributed by atoms with Crippen molar-refractivity contribution in [2.24, 2.45) is 0 Å². The van der Waals surface area contributed by atoms with Crippen molar-refractivity contribution in [3.05, 3.63) is 113 Å². The second-order valence-corrected chi connectivity index (χ2v) is 8.35. The van der Waals surface area contributed by atoms with Crippen LogP contribution in [-0.4, -0.2) is 6.04 Å². The number of aryl methyl sites for hydroxylation is 2. The zero-order valence-corrected chi connectivity index (χ0v) is 18.5. The standard InChI is InChI=1S/C29H31NO/c1-22-9-8-12-25(19-22)21-31-29-18-17-26-13-6-7-14-27(26)28(29)20-30-23(2)15-16-24-10-4-3-5-11-24/h3-14,17-19,23,30H,15-16,20-21H2,1-2H3/t23-/m0/s1. The number of nitrogens with one attached hydrogen (secondary N) is 1. The van der Waals surface area contributed by atoms with E-state index in [0.717, 1.165) is 25.1 Å². The van der Waals surface area contributed by atoms with E-state index in [2.05, 4.69) is 110 Å². The quantitative estimate of drug-likeness (QED) is 0.327. The summed E-state index contributed by atoms with van der Waals surface area (Å²) >= 11 is 0. The first kappa shape index (κ1) is 21.1. The molecule has 158 valence electrons. The Morgan fingerprint density at radius 3 is 2.42 bits per heavy atom. The highest BCUT2D eigenvalue weighted by molar-refractivity contribution is 5.87. The number of hydrogen-bond donors (Lipinski definition) is 1. The lowest BCUT2D eigenvalue weighted by atomic mass is 10.0. The maximum Gasteiger partial charge on any atom is 0.124 e. The maximum absolute atomic E-state index is 6.31. The fourth-order valence-corrected chi connectivity index (χ4v) is 4.00. The minimum atomic E-state index is 0.420. The third kappa shape index (κ3) is 5.74. The molecule has 0 bridgehead atoms. The highest BCUT2D eigenvalue weighted by Crippen LogP contribution is 2.29. The van der Waals surface area contributed by atoms with Gasteiger partial charge >= 0.3 is 0 Å². The summed E-state index contributed by atoms with van der Waals surface area (Å²) in [6, 6.07) is 32.5. The van der Waals surface area contributed by atoms with Crippen LogP contribution in [0.15, 0.2) is 91.0 Å². The van der Waals surface area contributed by atoms with Crippen molar-refractivity contribution in [2.75, 3.05) is 0 Å². The van der Waals surface area contributed by atoms with Gasteiger partial charge in [0.15, 0.2) is 0 Å². The van der Waals surface area contributed by atoms with Gasteiger partial charge in [0.05, 0.1) is 0 Å². The molecule has 0 fully saturated rings. The predicted octanol–water partition coefficient (Wildman–Crippen LogP) is 6.84. The molecule has 0 heterocycles. The molecule has 0 spiro atoms. The lowest BCUT2D eigenvalue weighted by molar-refractivity contribution is 0.302. The largest absolute Gasteiger partial charge is 0.489 e. The Labute approximate surface area is 185 Å². The average Bonchev–Trinajstić information content (AvgIpc) is 2.81. The molecular formula is C29H31NO. The van der Waals surface area contributed by atoms with Crippen molar-refractivity contribution in [1.29, 1.82) is 0 Å². The maximum atomic E-state index is 6.31. The molecule has 0 saturated heterocycles. The molecule has 2 heteroatoms. The molecule has 0 radical (unpaired) electrons. The number of ether oxygens (including phenoxy) is 1. The van der Waals surface area contributed by atoms with E-state index in [-0.39, 0.29) is 0 Å². The first-order valence-corrected chi connectivity index (χ1v) is 11.2. The van der Waals surface area contributed by atoms with Crippen molar-refractivity contribution in [2.45, 2.75) is 45.9 Å². The Kier molecular flexibility index (Phi) is 7.01. The summed E-state index contributed by atoms with van der Waals surface area (Å²) in [5, 5.41) is 6.23. The molecule has 0 aliphatic rings. The SMILES string of the molecule is Cc1cccc(COc2ccc3ccccc3c2CN[C@@H](C)CCc2ccccc2)c1. The third-order valence-corrected chi connectivity index (χ3v) is 5.81. The molecular weight excluding hydrogens is 378 g/mol. The molecule has 4 aromatic carbocycles. The number of rotatable bonds is 9. The monoisotopic (exact) mass is 409 g/mol. The molecule has 2 nitrogen and oxygen atoms in total. The zero-order valence-electron chi connectivity index (χ0n) is 18.5. The van der Waals surface area contributed by atoms with Gasteiger partial charge in [0, 0.05) is 18.2 Å². The van der Waals surface area contributed by atoms with Crippen molar-refractivity contribution in [3.63, 3.8) is 0 Å². The lowest BCUT2D eigenvalue weighted by Gasteiger charge is -2.18. The Balaban J connectivity index is 1.47. The van der Waals surface area contributed by atoms with E-state index in [4.69, 9.17) is 4.74 Å². The van der Waals surface area contributed by atoms with Crippen LogP contribution in [0.25, 0.3) is 10.8 Å². The topological polar surface area (TPSA) is 21.3 Å². The molecule has 0 aliphatic heterocycles. The Hall–Kier alpha value is -3.10. The second-order valence-electron chi connectivity index (χ2n) is 8.35. The van der Waals surface area contributed by atoms with E-state index in [1.165, 1.54) is 33.0 Å². The van der Waals surface area contributed by atoms with Crippen LogP contribution in [0.3, 0.4) is 0 Å². The first-order valence-electron chi connectivity index (χ1n) is 11.2. The minimum absolute atomic E-state index is 0.420. The fourth-order valence-electron chi connectivity index (χ4n) is 4.00. The molecule has 4 rings (SSSR count). The first-order chi connectivity index (χ1) is 15.2. The van der Waals surface area contributed by atoms with Gasteiger partial charge in [-0.1, -0.05) is 90.5 Å². The van der Waals surface area contributed by atoms with Crippen molar-refractivity contribution in [1.82, 2.24) is 5.32 Å². The lowest BCUT2D eigenvalue weighted by Crippen LogP contribution is -2.26. The summed E-state index contributed by atoms with van der Waals surface area (Å²) in [6.07, 6.45) is 2.19. The van der Waals surface area contributed by atoms with Crippen LogP contribution in [0, 0.1) is 6.92 Å². The van der Waals surface area contributed by atoms with Gasteiger partial charge in [-0.25, -0.2) is 0 Å². The Morgan fingerprint density at radius 2 is 1.58 bits per heavy atom. The van der Waals surface area contributed by atoms with Crippen LogP contribution >= 0.6 is 0 Å². The number of hydrogen-bond acceptors (Lipinski definition) is 2. The van der Waals surface area contributed by atoms with Crippen molar-refractivity contribution in [3.8, 4) is 5.75 Å².